The van der Waals surface area contributed by atoms with Crippen molar-refractivity contribution in [2.45, 2.75) is 6.42 Å². The third kappa shape index (κ3) is 2.89. The first-order valence-electron chi connectivity index (χ1n) is 5.02. The normalized spacial score (nSPS) is 10.0. The fraction of sp³-hybridized carbons (Fsp3) is 0.0909. The molecule has 2 N–H and O–H groups in total. The summed E-state index contributed by atoms with van der Waals surface area (Å²) in [6.07, 6.45) is 2.77. The van der Waals surface area contributed by atoms with E-state index in [1.54, 1.807) is 0 Å². The zero-order chi connectivity index (χ0) is 13.0. The Balaban J connectivity index is 2.09. The minimum Gasteiger partial charge on any atom is -0.476 e. The lowest BCUT2D eigenvalue weighted by Gasteiger charge is -2.05. The van der Waals surface area contributed by atoms with Crippen LogP contribution in [0.4, 0.5) is 5.82 Å². The fourth-order valence-electron chi connectivity index (χ4n) is 1.34. The Kier molecular flexibility index (Phi) is 3.63. The van der Waals surface area contributed by atoms with Gasteiger partial charge >= 0.3 is 5.97 Å². The van der Waals surface area contributed by atoms with E-state index in [4.69, 9.17) is 5.11 Å². The monoisotopic (exact) mass is 263 g/mol. The topological polar surface area (TPSA) is 92.2 Å². The molecule has 18 heavy (non-hydrogen) atoms. The van der Waals surface area contributed by atoms with Crippen LogP contribution in [0.25, 0.3) is 0 Å². The summed E-state index contributed by atoms with van der Waals surface area (Å²) < 4.78 is 0. The van der Waals surface area contributed by atoms with Crippen LogP contribution in [0.2, 0.25) is 0 Å². The van der Waals surface area contributed by atoms with Crippen molar-refractivity contribution in [1.82, 2.24) is 9.97 Å². The number of thiophene rings is 1. The Hall–Kier alpha value is -2.28. The molecular weight excluding hydrogens is 254 g/mol. The van der Waals surface area contributed by atoms with Gasteiger partial charge in [0.2, 0.25) is 5.91 Å². The van der Waals surface area contributed by atoms with Crippen LogP contribution in [0.3, 0.4) is 0 Å². The van der Waals surface area contributed by atoms with Crippen molar-refractivity contribution in [3.63, 3.8) is 0 Å². The lowest BCUT2D eigenvalue weighted by molar-refractivity contribution is -0.115. The number of hydrogen-bond acceptors (Lipinski definition) is 5. The lowest BCUT2D eigenvalue weighted by Crippen LogP contribution is -2.18. The van der Waals surface area contributed by atoms with Crippen molar-refractivity contribution in [3.05, 3.63) is 40.5 Å². The molecule has 0 saturated carbocycles. The molecule has 0 aromatic carbocycles. The summed E-state index contributed by atoms with van der Waals surface area (Å²) in [5.41, 5.74) is 0.606. The lowest BCUT2D eigenvalue weighted by atomic mass is 10.2. The molecule has 0 atom stereocenters. The number of carbonyl (C=O) groups excluding carboxylic acids is 1. The van der Waals surface area contributed by atoms with Crippen LogP contribution in [0.5, 0.6) is 0 Å². The molecule has 0 unspecified atom stereocenters. The maximum Gasteiger partial charge on any atom is 0.358 e. The van der Waals surface area contributed by atoms with Crippen LogP contribution in [-0.2, 0) is 11.2 Å². The zero-order valence-corrected chi connectivity index (χ0v) is 9.98. The van der Waals surface area contributed by atoms with Gasteiger partial charge in [0, 0.05) is 12.4 Å². The summed E-state index contributed by atoms with van der Waals surface area (Å²) in [5.74, 6) is -1.59. The highest BCUT2D eigenvalue weighted by Gasteiger charge is 2.15. The Morgan fingerprint density at radius 2 is 2.11 bits per heavy atom. The Labute approximate surface area is 106 Å². The van der Waals surface area contributed by atoms with Crippen LogP contribution in [0.1, 0.15) is 16.1 Å². The average molecular weight is 263 g/mol. The van der Waals surface area contributed by atoms with Crippen molar-refractivity contribution in [1.29, 1.82) is 0 Å². The van der Waals surface area contributed by atoms with Crippen LogP contribution in [0.15, 0.2) is 29.2 Å². The quantitative estimate of drug-likeness (QED) is 0.870. The summed E-state index contributed by atoms with van der Waals surface area (Å²) in [4.78, 5) is 30.0. The van der Waals surface area contributed by atoms with E-state index in [0.29, 0.717) is 0 Å². The molecule has 0 aliphatic carbocycles. The third-order valence-corrected chi connectivity index (χ3v) is 2.84. The maximum atomic E-state index is 11.7. The second-order valence-corrected chi connectivity index (χ2v) is 4.20. The molecule has 0 saturated heterocycles. The molecule has 7 heteroatoms. The molecule has 0 fully saturated rings. The number of nitrogens with zero attached hydrogens (tertiary/aromatic N) is 2. The second-order valence-electron chi connectivity index (χ2n) is 3.42. The summed E-state index contributed by atoms with van der Waals surface area (Å²) in [7, 11) is 0. The maximum absolute atomic E-state index is 11.7. The summed E-state index contributed by atoms with van der Waals surface area (Å²) in [5, 5.41) is 15.0. The van der Waals surface area contributed by atoms with Gasteiger partial charge in [0.05, 0.1) is 6.42 Å². The van der Waals surface area contributed by atoms with Gasteiger partial charge in [0.25, 0.3) is 0 Å². The highest BCUT2D eigenvalue weighted by Crippen LogP contribution is 2.11. The molecule has 2 aromatic rings. The van der Waals surface area contributed by atoms with Gasteiger partial charge in [-0.2, -0.15) is 11.3 Å². The van der Waals surface area contributed by atoms with E-state index >= 15 is 0 Å². The van der Waals surface area contributed by atoms with Crippen molar-refractivity contribution >= 4 is 29.0 Å². The highest BCUT2D eigenvalue weighted by molar-refractivity contribution is 7.08. The van der Waals surface area contributed by atoms with Gasteiger partial charge < -0.3 is 10.4 Å². The van der Waals surface area contributed by atoms with Crippen molar-refractivity contribution in [2.24, 2.45) is 0 Å². The molecular formula is C11H9N3O3S. The molecule has 1 amide bonds. The van der Waals surface area contributed by atoms with Crippen LogP contribution >= 0.6 is 11.3 Å². The van der Waals surface area contributed by atoms with E-state index in [1.807, 2.05) is 16.8 Å². The van der Waals surface area contributed by atoms with E-state index in [9.17, 15) is 9.59 Å². The van der Waals surface area contributed by atoms with E-state index < -0.39 is 5.97 Å². The molecule has 0 bridgehead atoms. The second kappa shape index (κ2) is 5.37. The number of carboxylic acids is 1. The van der Waals surface area contributed by atoms with Gasteiger partial charge in [0.15, 0.2) is 11.5 Å². The first kappa shape index (κ1) is 12.2. The van der Waals surface area contributed by atoms with E-state index in [2.05, 4.69) is 15.3 Å². The SMILES string of the molecule is O=C(Cc1ccsc1)Nc1nccnc1C(=O)O. The molecule has 2 heterocycles. The van der Waals surface area contributed by atoms with Crippen LogP contribution in [-0.4, -0.2) is 27.0 Å². The molecule has 0 spiro atoms. The number of nitrogens with one attached hydrogen (secondary N) is 1. The molecule has 6 nitrogen and oxygen atoms in total. The van der Waals surface area contributed by atoms with Gasteiger partial charge in [-0.1, -0.05) is 0 Å². The number of anilines is 1. The van der Waals surface area contributed by atoms with Crippen LogP contribution in [0, 0.1) is 0 Å². The number of amides is 1. The molecule has 2 rings (SSSR count). The fourth-order valence-corrected chi connectivity index (χ4v) is 2.01. The number of carboxylic acid groups (broad SMARTS) is 1. The van der Waals surface area contributed by atoms with Crippen molar-refractivity contribution < 1.29 is 14.7 Å². The number of rotatable bonds is 4. The predicted molar refractivity (Wildman–Crippen MR) is 65.6 cm³/mol. The Morgan fingerprint density at radius 3 is 2.78 bits per heavy atom. The first-order chi connectivity index (χ1) is 8.66. The van der Waals surface area contributed by atoms with E-state index in [1.165, 1.54) is 23.7 Å². The van der Waals surface area contributed by atoms with E-state index in [0.717, 1.165) is 5.56 Å². The smallest absolute Gasteiger partial charge is 0.358 e. The minimum atomic E-state index is -1.23. The summed E-state index contributed by atoms with van der Waals surface area (Å²) in [6, 6.07) is 1.83. The third-order valence-electron chi connectivity index (χ3n) is 2.10. The van der Waals surface area contributed by atoms with E-state index in [-0.39, 0.29) is 23.8 Å². The van der Waals surface area contributed by atoms with Crippen molar-refractivity contribution in [2.75, 3.05) is 5.32 Å². The zero-order valence-electron chi connectivity index (χ0n) is 9.16. The molecule has 0 aliphatic rings. The Morgan fingerprint density at radius 1 is 1.33 bits per heavy atom. The minimum absolute atomic E-state index is 0.0368. The van der Waals surface area contributed by atoms with Crippen LogP contribution < -0.4 is 5.32 Å². The van der Waals surface area contributed by atoms with Gasteiger partial charge in [-0.25, -0.2) is 14.8 Å². The first-order valence-corrected chi connectivity index (χ1v) is 5.96. The number of aromatic carboxylic acids is 1. The molecule has 0 aliphatic heterocycles. The van der Waals surface area contributed by atoms with Gasteiger partial charge in [0.1, 0.15) is 0 Å². The Bertz CT molecular complexity index is 569. The van der Waals surface area contributed by atoms with Gasteiger partial charge in [-0.15, -0.1) is 0 Å². The number of hydrogen-bond donors (Lipinski definition) is 2. The molecule has 2 aromatic heterocycles. The molecule has 92 valence electrons. The summed E-state index contributed by atoms with van der Waals surface area (Å²) >= 11 is 1.49. The van der Waals surface area contributed by atoms with Gasteiger partial charge in [-0.05, 0) is 22.4 Å². The largest absolute Gasteiger partial charge is 0.476 e. The van der Waals surface area contributed by atoms with Gasteiger partial charge in [-0.3, -0.25) is 4.79 Å². The summed E-state index contributed by atoms with van der Waals surface area (Å²) in [6.45, 7) is 0. The molecule has 0 radical (unpaired) electrons. The standard InChI is InChI=1S/C11H9N3O3S/c15-8(5-7-1-4-18-6-7)14-10-9(11(16)17)12-2-3-13-10/h1-4,6H,5H2,(H,16,17)(H,13,14,15). The highest BCUT2D eigenvalue weighted by atomic mass is 32.1. The van der Waals surface area contributed by atoms with Crippen molar-refractivity contribution in [3.8, 4) is 0 Å². The number of aromatic nitrogens is 2. The average Bonchev–Trinajstić information content (AvgIpc) is 2.82. The number of carbonyl (C=O) groups is 2. The predicted octanol–water partition coefficient (Wildman–Crippen LogP) is 1.42.